The van der Waals surface area contributed by atoms with Gasteiger partial charge < -0.3 is 9.84 Å². The van der Waals surface area contributed by atoms with E-state index in [2.05, 4.69) is 20.6 Å². The van der Waals surface area contributed by atoms with Gasteiger partial charge in [-0.1, -0.05) is 18.0 Å². The number of nitrogens with one attached hydrogen (secondary N) is 1. The second-order valence-corrected chi connectivity index (χ2v) is 6.95. The largest absolute Gasteiger partial charge is 0.352 e. The van der Waals surface area contributed by atoms with Crippen molar-refractivity contribution >= 4 is 5.91 Å². The third-order valence-corrected chi connectivity index (χ3v) is 4.97. The second kappa shape index (κ2) is 8.01. The van der Waals surface area contributed by atoms with E-state index in [4.69, 9.17) is 4.52 Å². The van der Waals surface area contributed by atoms with Crippen LogP contribution in [0.2, 0.25) is 0 Å². The molecule has 0 aliphatic heterocycles. The molecular weight excluding hydrogens is 395 g/mol. The summed E-state index contributed by atoms with van der Waals surface area (Å²) in [6.45, 7) is 1.69. The van der Waals surface area contributed by atoms with Crippen molar-refractivity contribution in [3.63, 3.8) is 0 Å². The molecule has 0 saturated heterocycles. The smallest absolute Gasteiger partial charge is 0.345 e. The number of aromatic nitrogens is 5. The molecule has 1 aromatic carbocycles. The van der Waals surface area contributed by atoms with Gasteiger partial charge in [0.25, 0.3) is 5.56 Å². The lowest BCUT2D eigenvalue weighted by molar-refractivity contribution is 0.0893. The van der Waals surface area contributed by atoms with E-state index < -0.39 is 23.0 Å². The van der Waals surface area contributed by atoms with Crippen LogP contribution in [0.25, 0.3) is 17.2 Å². The van der Waals surface area contributed by atoms with Crippen molar-refractivity contribution in [1.29, 1.82) is 0 Å². The summed E-state index contributed by atoms with van der Waals surface area (Å²) >= 11 is 0. The maximum atomic E-state index is 13.2. The van der Waals surface area contributed by atoms with Gasteiger partial charge in [-0.2, -0.15) is 14.8 Å². The van der Waals surface area contributed by atoms with E-state index in [1.807, 2.05) is 0 Å². The first-order valence-corrected chi connectivity index (χ1v) is 9.63. The predicted octanol–water partition coefficient (Wildman–Crippen LogP) is 1.28. The first kappa shape index (κ1) is 19.7. The number of benzene rings is 1. The first-order chi connectivity index (χ1) is 14.5. The van der Waals surface area contributed by atoms with Gasteiger partial charge >= 0.3 is 17.5 Å². The van der Waals surface area contributed by atoms with Gasteiger partial charge in [-0.3, -0.25) is 14.2 Å². The molecule has 0 bridgehead atoms. The molecule has 2 aromatic heterocycles. The number of nitrogens with zero attached hydrogens (tertiary/aromatic N) is 5. The minimum Gasteiger partial charge on any atom is -0.345 e. The Hall–Kier alpha value is -3.63. The lowest BCUT2D eigenvalue weighted by atomic mass is 10.2. The lowest BCUT2D eigenvalue weighted by Crippen LogP contribution is -2.41. The van der Waals surface area contributed by atoms with Crippen molar-refractivity contribution in [2.45, 2.75) is 45.2 Å². The van der Waals surface area contributed by atoms with Crippen molar-refractivity contribution in [1.82, 2.24) is 29.8 Å². The zero-order valence-corrected chi connectivity index (χ0v) is 16.2. The van der Waals surface area contributed by atoms with Crippen LogP contribution in [0.3, 0.4) is 0 Å². The van der Waals surface area contributed by atoms with Crippen LogP contribution >= 0.6 is 0 Å². The number of hydrogen-bond acceptors (Lipinski definition) is 7. The van der Waals surface area contributed by atoms with Crippen LogP contribution in [0, 0.1) is 5.82 Å². The molecule has 1 aliphatic carbocycles. The van der Waals surface area contributed by atoms with Gasteiger partial charge in [0, 0.05) is 12.6 Å². The fourth-order valence-corrected chi connectivity index (χ4v) is 3.41. The van der Waals surface area contributed by atoms with Crippen LogP contribution < -0.4 is 16.6 Å². The molecule has 11 heteroatoms. The van der Waals surface area contributed by atoms with Crippen LogP contribution in [0.5, 0.6) is 0 Å². The molecule has 1 N–H and O–H groups in total. The SMILES string of the molecule is CCn1c(=O)c(-c2noc(C(=O)NC3CCCC3)n2)nn(-c2ccc(F)cc2)c1=O. The monoisotopic (exact) mass is 414 g/mol. The summed E-state index contributed by atoms with van der Waals surface area (Å²) in [5, 5.41) is 10.6. The Balaban J connectivity index is 1.73. The van der Waals surface area contributed by atoms with Gasteiger partial charge in [-0.05, 0) is 44.0 Å². The zero-order valence-electron chi connectivity index (χ0n) is 16.2. The summed E-state index contributed by atoms with van der Waals surface area (Å²) in [5.74, 6) is -1.51. The fourth-order valence-electron chi connectivity index (χ4n) is 3.41. The molecule has 1 aliphatic rings. The van der Waals surface area contributed by atoms with E-state index in [0.29, 0.717) is 0 Å². The van der Waals surface area contributed by atoms with Gasteiger partial charge in [0.1, 0.15) is 5.82 Å². The summed E-state index contributed by atoms with van der Waals surface area (Å²) in [6, 6.07) is 5.11. The minimum atomic E-state index is -0.718. The number of amides is 1. The molecule has 1 fully saturated rings. The van der Waals surface area contributed by atoms with Crippen molar-refractivity contribution in [2.24, 2.45) is 0 Å². The lowest BCUT2D eigenvalue weighted by Gasteiger charge is -2.09. The summed E-state index contributed by atoms with van der Waals surface area (Å²) in [7, 11) is 0. The predicted molar refractivity (Wildman–Crippen MR) is 103 cm³/mol. The first-order valence-electron chi connectivity index (χ1n) is 9.63. The topological polar surface area (TPSA) is 125 Å². The highest BCUT2D eigenvalue weighted by Gasteiger charge is 2.25. The van der Waals surface area contributed by atoms with E-state index in [-0.39, 0.29) is 35.7 Å². The van der Waals surface area contributed by atoms with E-state index in [9.17, 15) is 18.8 Å². The number of halogens is 1. The van der Waals surface area contributed by atoms with Crippen molar-refractivity contribution in [3.8, 4) is 17.2 Å². The van der Waals surface area contributed by atoms with Gasteiger partial charge in [0.15, 0.2) is 5.69 Å². The summed E-state index contributed by atoms with van der Waals surface area (Å²) in [6.07, 6.45) is 3.87. The number of rotatable bonds is 5. The van der Waals surface area contributed by atoms with Crippen LogP contribution in [0.1, 0.15) is 43.3 Å². The van der Waals surface area contributed by atoms with Gasteiger partial charge in [-0.15, -0.1) is 0 Å². The molecular formula is C19H19FN6O4. The molecule has 0 atom stereocenters. The van der Waals surface area contributed by atoms with Crippen LogP contribution in [-0.4, -0.2) is 36.4 Å². The zero-order chi connectivity index (χ0) is 21.3. The van der Waals surface area contributed by atoms with Gasteiger partial charge in [0.2, 0.25) is 5.82 Å². The molecule has 3 aromatic rings. The van der Waals surface area contributed by atoms with E-state index >= 15 is 0 Å². The normalized spacial score (nSPS) is 14.2. The van der Waals surface area contributed by atoms with E-state index in [1.165, 1.54) is 24.3 Å². The van der Waals surface area contributed by atoms with Crippen LogP contribution in [0.4, 0.5) is 4.39 Å². The van der Waals surface area contributed by atoms with Crippen molar-refractivity contribution in [3.05, 3.63) is 56.8 Å². The third-order valence-electron chi connectivity index (χ3n) is 4.97. The average molecular weight is 414 g/mol. The van der Waals surface area contributed by atoms with E-state index in [1.54, 1.807) is 6.92 Å². The van der Waals surface area contributed by atoms with Gasteiger partial charge in [-0.25, -0.2) is 9.18 Å². The Morgan fingerprint density at radius 2 is 1.93 bits per heavy atom. The Morgan fingerprint density at radius 1 is 1.23 bits per heavy atom. The Labute approximate surface area is 169 Å². The van der Waals surface area contributed by atoms with E-state index in [0.717, 1.165) is 34.9 Å². The molecule has 0 radical (unpaired) electrons. The molecule has 1 amide bonds. The Morgan fingerprint density at radius 3 is 2.60 bits per heavy atom. The van der Waals surface area contributed by atoms with Crippen molar-refractivity contribution < 1.29 is 13.7 Å². The molecule has 1 saturated carbocycles. The highest BCUT2D eigenvalue weighted by molar-refractivity contribution is 5.90. The average Bonchev–Trinajstić information content (AvgIpc) is 3.42. The number of carbonyl (C=O) groups excluding carboxylic acids is 1. The molecule has 10 nitrogen and oxygen atoms in total. The molecule has 4 rings (SSSR count). The molecule has 0 spiro atoms. The highest BCUT2D eigenvalue weighted by atomic mass is 19.1. The fraction of sp³-hybridized carbons (Fsp3) is 0.368. The molecule has 0 unspecified atom stereocenters. The maximum absolute atomic E-state index is 13.2. The summed E-state index contributed by atoms with van der Waals surface area (Å²) in [4.78, 5) is 41.7. The highest BCUT2D eigenvalue weighted by Crippen LogP contribution is 2.18. The standard InChI is InChI=1S/C19H19FN6O4/c1-2-25-18(28)14(23-26(19(25)29)13-9-7-11(20)8-10-13)15-22-17(30-24-15)16(27)21-12-5-3-4-6-12/h7-10,12H,2-6H2,1H3,(H,21,27). The van der Waals surface area contributed by atoms with Crippen LogP contribution in [0.15, 0.2) is 38.4 Å². The Bertz CT molecular complexity index is 1190. The molecule has 2 heterocycles. The minimum absolute atomic E-state index is 0.0590. The number of carbonyl (C=O) groups is 1. The number of hydrogen-bond donors (Lipinski definition) is 1. The second-order valence-electron chi connectivity index (χ2n) is 6.95. The summed E-state index contributed by atoms with van der Waals surface area (Å²) < 4.78 is 20.2. The van der Waals surface area contributed by atoms with Crippen molar-refractivity contribution in [2.75, 3.05) is 0 Å². The summed E-state index contributed by atoms with van der Waals surface area (Å²) in [5.41, 5.74) is -1.41. The molecule has 30 heavy (non-hydrogen) atoms. The third kappa shape index (κ3) is 3.65. The Kier molecular flexibility index (Phi) is 5.25. The quantitative estimate of drug-likeness (QED) is 0.667. The molecule has 156 valence electrons. The van der Waals surface area contributed by atoms with Gasteiger partial charge in [0.05, 0.1) is 5.69 Å². The van der Waals surface area contributed by atoms with Crippen LogP contribution in [-0.2, 0) is 6.54 Å². The maximum Gasteiger partial charge on any atom is 0.352 e.